The summed E-state index contributed by atoms with van der Waals surface area (Å²) in [5.41, 5.74) is 1.91. The highest BCUT2D eigenvalue weighted by Gasteiger charge is 2.06. The Bertz CT molecular complexity index is 549. The van der Waals surface area contributed by atoms with Crippen LogP contribution in [0.1, 0.15) is 15.9 Å². The van der Waals surface area contributed by atoms with E-state index < -0.39 is 0 Å². The Kier molecular flexibility index (Phi) is 4.61. The Hall–Kier alpha value is -1.06. The van der Waals surface area contributed by atoms with Gasteiger partial charge in [0, 0.05) is 14.9 Å². The highest BCUT2D eigenvalue weighted by Crippen LogP contribution is 2.21. The molecule has 0 fully saturated rings. The molecule has 18 heavy (non-hydrogen) atoms. The first kappa shape index (κ1) is 13.4. The average molecular weight is 321 g/mol. The number of halogens is 1. The van der Waals surface area contributed by atoms with Gasteiger partial charge in [0.05, 0.1) is 5.75 Å². The molecule has 0 radical (unpaired) electrons. The van der Waals surface area contributed by atoms with Crippen molar-refractivity contribution in [1.82, 2.24) is 0 Å². The van der Waals surface area contributed by atoms with Crippen LogP contribution in [0.3, 0.4) is 0 Å². The van der Waals surface area contributed by atoms with E-state index in [1.165, 1.54) is 0 Å². The van der Waals surface area contributed by atoms with Crippen LogP contribution in [0.15, 0.2) is 57.9 Å². The monoisotopic (exact) mass is 320 g/mol. The Labute approximate surface area is 120 Å². The van der Waals surface area contributed by atoms with Crippen molar-refractivity contribution in [1.29, 1.82) is 0 Å². The summed E-state index contributed by atoms with van der Waals surface area (Å²) in [4.78, 5) is 13.1. The Balaban J connectivity index is 1.98. The maximum absolute atomic E-state index is 12.0. The van der Waals surface area contributed by atoms with Gasteiger partial charge < -0.3 is 0 Å². The van der Waals surface area contributed by atoms with Gasteiger partial charge in [-0.1, -0.05) is 39.7 Å². The third kappa shape index (κ3) is 3.72. The number of hydrogen-bond donors (Lipinski definition) is 0. The molecule has 1 nitrogen and oxygen atoms in total. The van der Waals surface area contributed by atoms with Crippen LogP contribution < -0.4 is 0 Å². The molecule has 0 heterocycles. The molecule has 0 saturated carbocycles. The van der Waals surface area contributed by atoms with Crippen LogP contribution in [0.5, 0.6) is 0 Å². The second-order valence-corrected chi connectivity index (χ2v) is 6.00. The van der Waals surface area contributed by atoms with E-state index in [0.29, 0.717) is 5.75 Å². The number of thioether (sulfide) groups is 1. The van der Waals surface area contributed by atoms with Crippen molar-refractivity contribution in [3.63, 3.8) is 0 Å². The van der Waals surface area contributed by atoms with E-state index in [2.05, 4.69) is 15.9 Å². The van der Waals surface area contributed by atoms with Crippen LogP contribution in [0.25, 0.3) is 0 Å². The summed E-state index contributed by atoms with van der Waals surface area (Å²) < 4.78 is 1.05. The second-order valence-electron chi connectivity index (χ2n) is 4.04. The van der Waals surface area contributed by atoms with E-state index in [1.54, 1.807) is 11.8 Å². The molecule has 3 heteroatoms. The van der Waals surface area contributed by atoms with E-state index in [1.807, 2.05) is 55.5 Å². The summed E-state index contributed by atoms with van der Waals surface area (Å²) in [5.74, 6) is 0.650. The molecular weight excluding hydrogens is 308 g/mol. The summed E-state index contributed by atoms with van der Waals surface area (Å²) in [6.07, 6.45) is 0. The lowest BCUT2D eigenvalue weighted by molar-refractivity contribution is 0.102. The molecule has 2 rings (SSSR count). The standard InChI is InChI=1S/C15H13BrOS/c1-11-3-2-4-12(9-11)15(17)10-18-14-7-5-13(16)6-8-14/h2-9H,10H2,1H3. The summed E-state index contributed by atoms with van der Waals surface area (Å²) >= 11 is 4.96. The summed E-state index contributed by atoms with van der Waals surface area (Å²) in [7, 11) is 0. The number of hydrogen-bond acceptors (Lipinski definition) is 2. The van der Waals surface area contributed by atoms with Gasteiger partial charge in [0.1, 0.15) is 0 Å². The number of aryl methyl sites for hydroxylation is 1. The third-order valence-electron chi connectivity index (χ3n) is 2.52. The van der Waals surface area contributed by atoms with Crippen LogP contribution in [0.4, 0.5) is 0 Å². The summed E-state index contributed by atoms with van der Waals surface area (Å²) in [5, 5.41) is 0. The van der Waals surface area contributed by atoms with Gasteiger partial charge in [-0.15, -0.1) is 11.8 Å². The first-order valence-electron chi connectivity index (χ1n) is 5.63. The number of rotatable bonds is 4. The minimum Gasteiger partial charge on any atom is -0.293 e. The van der Waals surface area contributed by atoms with E-state index in [0.717, 1.165) is 20.5 Å². The molecule has 0 aliphatic heterocycles. The normalized spacial score (nSPS) is 10.3. The zero-order valence-corrected chi connectivity index (χ0v) is 12.4. The molecule has 0 aromatic heterocycles. The Morgan fingerprint density at radius 1 is 1.17 bits per heavy atom. The quantitative estimate of drug-likeness (QED) is 0.598. The third-order valence-corrected chi connectivity index (χ3v) is 4.06. The van der Waals surface area contributed by atoms with Gasteiger partial charge >= 0.3 is 0 Å². The fraction of sp³-hybridized carbons (Fsp3) is 0.133. The lowest BCUT2D eigenvalue weighted by atomic mass is 10.1. The molecule has 0 aliphatic rings. The van der Waals surface area contributed by atoms with E-state index in [9.17, 15) is 4.79 Å². The summed E-state index contributed by atoms with van der Waals surface area (Å²) in [6.45, 7) is 2.00. The smallest absolute Gasteiger partial charge is 0.173 e. The molecule has 92 valence electrons. The molecule has 0 spiro atoms. The minimum absolute atomic E-state index is 0.173. The molecule has 2 aromatic carbocycles. The molecule has 0 aliphatic carbocycles. The maximum atomic E-state index is 12.0. The van der Waals surface area contributed by atoms with Crippen molar-refractivity contribution >= 4 is 33.5 Å². The van der Waals surface area contributed by atoms with Gasteiger partial charge in [0.2, 0.25) is 0 Å². The molecular formula is C15H13BrOS. The van der Waals surface area contributed by atoms with Crippen molar-refractivity contribution < 1.29 is 4.79 Å². The largest absolute Gasteiger partial charge is 0.293 e. The van der Waals surface area contributed by atoms with Crippen LogP contribution in [0, 0.1) is 6.92 Å². The molecule has 0 bridgehead atoms. The molecule has 0 N–H and O–H groups in total. The maximum Gasteiger partial charge on any atom is 0.173 e. The van der Waals surface area contributed by atoms with E-state index in [-0.39, 0.29) is 5.78 Å². The van der Waals surface area contributed by atoms with Gasteiger partial charge in [-0.2, -0.15) is 0 Å². The van der Waals surface area contributed by atoms with Gasteiger partial charge in [0.15, 0.2) is 5.78 Å². The predicted molar refractivity (Wildman–Crippen MR) is 80.4 cm³/mol. The Morgan fingerprint density at radius 3 is 2.56 bits per heavy atom. The van der Waals surface area contributed by atoms with Crippen molar-refractivity contribution in [2.45, 2.75) is 11.8 Å². The SMILES string of the molecule is Cc1cccc(C(=O)CSc2ccc(Br)cc2)c1. The fourth-order valence-electron chi connectivity index (χ4n) is 1.58. The second kappa shape index (κ2) is 6.21. The number of carbonyl (C=O) groups is 1. The summed E-state index contributed by atoms with van der Waals surface area (Å²) in [6, 6.07) is 15.7. The van der Waals surface area contributed by atoms with Gasteiger partial charge in [-0.25, -0.2) is 0 Å². The van der Waals surface area contributed by atoms with Crippen LogP contribution in [-0.4, -0.2) is 11.5 Å². The van der Waals surface area contributed by atoms with Crippen molar-refractivity contribution in [2.75, 3.05) is 5.75 Å². The molecule has 0 amide bonds. The van der Waals surface area contributed by atoms with Crippen molar-refractivity contribution in [3.8, 4) is 0 Å². The zero-order valence-electron chi connectivity index (χ0n) is 10.0. The van der Waals surface area contributed by atoms with E-state index in [4.69, 9.17) is 0 Å². The van der Waals surface area contributed by atoms with Crippen molar-refractivity contribution in [3.05, 3.63) is 64.1 Å². The molecule has 0 atom stereocenters. The average Bonchev–Trinajstić information content (AvgIpc) is 2.38. The topological polar surface area (TPSA) is 17.1 Å². The minimum atomic E-state index is 0.173. The Morgan fingerprint density at radius 2 is 1.89 bits per heavy atom. The van der Waals surface area contributed by atoms with Crippen LogP contribution in [0.2, 0.25) is 0 Å². The number of benzene rings is 2. The number of carbonyl (C=O) groups excluding carboxylic acids is 1. The number of ketones is 1. The van der Waals surface area contributed by atoms with Crippen LogP contribution >= 0.6 is 27.7 Å². The van der Waals surface area contributed by atoms with Gasteiger partial charge in [-0.05, 0) is 37.3 Å². The van der Waals surface area contributed by atoms with Gasteiger partial charge in [-0.3, -0.25) is 4.79 Å². The zero-order chi connectivity index (χ0) is 13.0. The molecule has 2 aromatic rings. The van der Waals surface area contributed by atoms with Gasteiger partial charge in [0.25, 0.3) is 0 Å². The predicted octanol–water partition coefficient (Wildman–Crippen LogP) is 4.73. The lowest BCUT2D eigenvalue weighted by Gasteiger charge is -2.03. The van der Waals surface area contributed by atoms with Crippen LogP contribution in [-0.2, 0) is 0 Å². The highest BCUT2D eigenvalue weighted by atomic mass is 79.9. The molecule has 0 unspecified atom stereocenters. The first-order valence-corrected chi connectivity index (χ1v) is 7.41. The highest BCUT2D eigenvalue weighted by molar-refractivity contribution is 9.10. The lowest BCUT2D eigenvalue weighted by Crippen LogP contribution is -2.02. The van der Waals surface area contributed by atoms with Crippen molar-refractivity contribution in [2.24, 2.45) is 0 Å². The fourth-order valence-corrected chi connectivity index (χ4v) is 2.64. The first-order chi connectivity index (χ1) is 8.65. The molecule has 0 saturated heterocycles. The van der Waals surface area contributed by atoms with E-state index >= 15 is 0 Å². The number of Topliss-reactive ketones (excluding diaryl/α,β-unsaturated/α-hetero) is 1.